The number of anilines is 1. The summed E-state index contributed by atoms with van der Waals surface area (Å²) >= 11 is 0. The zero-order valence-electron chi connectivity index (χ0n) is 16.1. The molecule has 3 aromatic heterocycles. The molecule has 0 N–H and O–H groups in total. The van der Waals surface area contributed by atoms with Crippen molar-refractivity contribution < 1.29 is 9.53 Å². The Morgan fingerprint density at radius 1 is 1.26 bits per heavy atom. The maximum Gasteiger partial charge on any atom is 0.341 e. The second-order valence-corrected chi connectivity index (χ2v) is 7.00. The summed E-state index contributed by atoms with van der Waals surface area (Å²) in [4.78, 5) is 19.4. The van der Waals surface area contributed by atoms with Crippen LogP contribution in [0.5, 0.6) is 0 Å². The quantitative estimate of drug-likeness (QED) is 0.663. The van der Waals surface area contributed by atoms with Gasteiger partial charge in [0.25, 0.3) is 0 Å². The summed E-state index contributed by atoms with van der Waals surface area (Å²) in [6.45, 7) is 5.89. The van der Waals surface area contributed by atoms with Gasteiger partial charge in [0.2, 0.25) is 0 Å². The van der Waals surface area contributed by atoms with E-state index in [-0.39, 0.29) is 5.97 Å². The number of aromatic nitrogens is 4. The van der Waals surface area contributed by atoms with E-state index in [1.807, 2.05) is 20.9 Å². The third-order valence-electron chi connectivity index (χ3n) is 5.32. The first kappa shape index (κ1) is 17.6. The summed E-state index contributed by atoms with van der Waals surface area (Å²) in [5.74, 6) is -0.322. The zero-order valence-corrected chi connectivity index (χ0v) is 16.1. The molecule has 0 aromatic carbocycles. The molecular weight excluding hydrogens is 342 g/mol. The van der Waals surface area contributed by atoms with E-state index in [1.54, 1.807) is 10.9 Å². The van der Waals surface area contributed by atoms with Crippen LogP contribution < -0.4 is 4.90 Å². The second-order valence-electron chi connectivity index (χ2n) is 7.00. The van der Waals surface area contributed by atoms with E-state index in [4.69, 9.17) is 4.74 Å². The maximum atomic E-state index is 12.6. The number of fused-ring (bicyclic) bond motifs is 1. The van der Waals surface area contributed by atoms with Crippen molar-refractivity contribution in [2.75, 3.05) is 24.6 Å². The number of rotatable bonds is 4. The predicted molar refractivity (Wildman–Crippen MR) is 104 cm³/mol. The fourth-order valence-corrected chi connectivity index (χ4v) is 4.06. The molecule has 0 saturated carbocycles. The lowest BCUT2D eigenvalue weighted by Gasteiger charge is -2.35. The molecule has 4 rings (SSSR count). The van der Waals surface area contributed by atoms with E-state index in [2.05, 4.69) is 44.1 Å². The first-order chi connectivity index (χ1) is 13.1. The highest BCUT2D eigenvalue weighted by Gasteiger charge is 2.28. The number of ether oxygens (including phenoxy) is 1. The van der Waals surface area contributed by atoms with E-state index in [0.29, 0.717) is 18.2 Å². The largest absolute Gasteiger partial charge is 0.462 e. The van der Waals surface area contributed by atoms with Gasteiger partial charge in [-0.25, -0.2) is 9.78 Å². The Labute approximate surface area is 158 Å². The van der Waals surface area contributed by atoms with Crippen molar-refractivity contribution in [1.29, 1.82) is 0 Å². The standard InChI is InChI=1S/C20H25N5O2/c1-4-27-20(26)16-13-21-19-17(14(2)22-23(19)3)18(16)25-11-7-15(8-12-25)24-9-5-6-10-24/h5-6,9-10,13,15H,4,7-8,11-12H2,1-3H3. The second kappa shape index (κ2) is 7.06. The van der Waals surface area contributed by atoms with Crippen LogP contribution in [0.4, 0.5) is 5.69 Å². The van der Waals surface area contributed by atoms with Crippen LogP contribution in [-0.4, -0.2) is 45.0 Å². The van der Waals surface area contributed by atoms with Crippen LogP contribution >= 0.6 is 0 Å². The number of nitrogens with zero attached hydrogens (tertiary/aromatic N) is 5. The van der Waals surface area contributed by atoms with E-state index < -0.39 is 0 Å². The van der Waals surface area contributed by atoms with Crippen molar-refractivity contribution in [2.24, 2.45) is 7.05 Å². The van der Waals surface area contributed by atoms with Gasteiger partial charge in [0.15, 0.2) is 5.65 Å². The van der Waals surface area contributed by atoms with Gasteiger partial charge in [-0.05, 0) is 38.8 Å². The monoisotopic (exact) mass is 367 g/mol. The van der Waals surface area contributed by atoms with E-state index in [0.717, 1.165) is 48.3 Å². The molecule has 7 nitrogen and oxygen atoms in total. The van der Waals surface area contributed by atoms with Crippen LogP contribution in [0.25, 0.3) is 11.0 Å². The first-order valence-corrected chi connectivity index (χ1v) is 9.47. The normalized spacial score (nSPS) is 15.4. The number of hydrogen-bond acceptors (Lipinski definition) is 5. The Hall–Kier alpha value is -2.83. The Bertz CT molecular complexity index is 953. The number of piperidine rings is 1. The number of carbonyl (C=O) groups excluding carboxylic acids is 1. The fourth-order valence-electron chi connectivity index (χ4n) is 4.06. The highest BCUT2D eigenvalue weighted by Crippen LogP contribution is 2.35. The van der Waals surface area contributed by atoms with Crippen LogP contribution in [0.15, 0.2) is 30.7 Å². The lowest BCUT2D eigenvalue weighted by atomic mass is 10.0. The van der Waals surface area contributed by atoms with Crippen LogP contribution in [0, 0.1) is 6.92 Å². The molecule has 0 amide bonds. The molecule has 1 aliphatic rings. The van der Waals surface area contributed by atoms with Crippen molar-refractivity contribution in [3.05, 3.63) is 42.0 Å². The number of carbonyl (C=O) groups is 1. The molecule has 0 aliphatic carbocycles. The van der Waals surface area contributed by atoms with Gasteiger partial charge >= 0.3 is 5.97 Å². The smallest absolute Gasteiger partial charge is 0.341 e. The van der Waals surface area contributed by atoms with Crippen LogP contribution in [0.1, 0.15) is 41.9 Å². The molecule has 7 heteroatoms. The Morgan fingerprint density at radius 2 is 1.96 bits per heavy atom. The molecular formula is C20H25N5O2. The van der Waals surface area contributed by atoms with Crippen LogP contribution in [0.3, 0.4) is 0 Å². The summed E-state index contributed by atoms with van der Waals surface area (Å²) in [6.07, 6.45) is 7.94. The molecule has 4 heterocycles. The van der Waals surface area contributed by atoms with Gasteiger partial charge < -0.3 is 14.2 Å². The molecule has 1 aliphatic heterocycles. The van der Waals surface area contributed by atoms with Gasteiger partial charge in [0.1, 0.15) is 5.56 Å². The van der Waals surface area contributed by atoms with Crippen molar-refractivity contribution in [3.8, 4) is 0 Å². The van der Waals surface area contributed by atoms with Crippen molar-refractivity contribution >= 4 is 22.7 Å². The van der Waals surface area contributed by atoms with Gasteiger partial charge in [-0.2, -0.15) is 5.10 Å². The summed E-state index contributed by atoms with van der Waals surface area (Å²) in [5, 5.41) is 5.47. The number of aryl methyl sites for hydroxylation is 2. The van der Waals surface area contributed by atoms with Crippen LogP contribution in [-0.2, 0) is 11.8 Å². The average Bonchev–Trinajstić information content (AvgIpc) is 3.30. The minimum atomic E-state index is -0.322. The van der Waals surface area contributed by atoms with Gasteiger partial charge in [-0.1, -0.05) is 0 Å². The van der Waals surface area contributed by atoms with Crippen LogP contribution in [0.2, 0.25) is 0 Å². The molecule has 142 valence electrons. The van der Waals surface area contributed by atoms with Crippen molar-refractivity contribution in [2.45, 2.75) is 32.7 Å². The molecule has 0 spiro atoms. The topological polar surface area (TPSA) is 65.2 Å². The Morgan fingerprint density at radius 3 is 2.63 bits per heavy atom. The lowest BCUT2D eigenvalue weighted by Crippen LogP contribution is -2.35. The molecule has 27 heavy (non-hydrogen) atoms. The summed E-state index contributed by atoms with van der Waals surface area (Å²) < 4.78 is 9.35. The molecule has 0 unspecified atom stereocenters. The van der Waals surface area contributed by atoms with E-state index >= 15 is 0 Å². The van der Waals surface area contributed by atoms with Gasteiger partial charge in [-0.3, -0.25) is 4.68 Å². The summed E-state index contributed by atoms with van der Waals surface area (Å²) in [6, 6.07) is 4.63. The lowest BCUT2D eigenvalue weighted by molar-refractivity contribution is 0.0526. The number of esters is 1. The molecule has 1 fully saturated rings. The van der Waals surface area contributed by atoms with Gasteiger partial charge in [-0.15, -0.1) is 0 Å². The fraction of sp³-hybridized carbons (Fsp3) is 0.450. The Kier molecular flexibility index (Phi) is 4.59. The van der Waals surface area contributed by atoms with Gasteiger partial charge in [0.05, 0.1) is 23.4 Å². The van der Waals surface area contributed by atoms with Crippen molar-refractivity contribution in [3.63, 3.8) is 0 Å². The first-order valence-electron chi connectivity index (χ1n) is 9.47. The van der Waals surface area contributed by atoms with E-state index in [1.165, 1.54) is 0 Å². The number of pyridine rings is 1. The molecule has 0 bridgehead atoms. The molecule has 1 saturated heterocycles. The highest BCUT2D eigenvalue weighted by molar-refractivity contribution is 6.05. The third kappa shape index (κ3) is 3.07. The summed E-state index contributed by atoms with van der Waals surface area (Å²) in [7, 11) is 1.88. The zero-order chi connectivity index (χ0) is 19.0. The molecule has 0 radical (unpaired) electrons. The Balaban J connectivity index is 1.73. The number of hydrogen-bond donors (Lipinski definition) is 0. The SMILES string of the molecule is CCOC(=O)c1cnc2c(c(C)nn2C)c1N1CCC(n2cccc2)CC1. The summed E-state index contributed by atoms with van der Waals surface area (Å²) in [5.41, 5.74) is 3.12. The van der Waals surface area contributed by atoms with E-state index in [9.17, 15) is 4.79 Å². The minimum Gasteiger partial charge on any atom is -0.462 e. The average molecular weight is 367 g/mol. The van der Waals surface area contributed by atoms with Crippen molar-refractivity contribution in [1.82, 2.24) is 19.3 Å². The molecule has 3 aromatic rings. The predicted octanol–water partition coefficient (Wildman–Crippen LogP) is 3.10. The minimum absolute atomic E-state index is 0.322. The molecule has 0 atom stereocenters. The van der Waals surface area contributed by atoms with Gasteiger partial charge in [0, 0.05) is 44.8 Å². The highest BCUT2D eigenvalue weighted by atomic mass is 16.5. The third-order valence-corrected chi connectivity index (χ3v) is 5.32. The maximum absolute atomic E-state index is 12.6.